The first-order valence-electron chi connectivity index (χ1n) is 7.78. The molecular formula is C18H20F2N2O2. The third kappa shape index (κ3) is 6.24. The van der Waals surface area contributed by atoms with Gasteiger partial charge in [-0.15, -0.1) is 0 Å². The summed E-state index contributed by atoms with van der Waals surface area (Å²) in [5, 5.41) is 5.39. The number of nitrogens with one attached hydrogen (secondary N) is 2. The summed E-state index contributed by atoms with van der Waals surface area (Å²) >= 11 is 0. The molecule has 24 heavy (non-hydrogen) atoms. The van der Waals surface area contributed by atoms with Gasteiger partial charge in [-0.1, -0.05) is 30.3 Å². The molecule has 0 atom stereocenters. The van der Waals surface area contributed by atoms with Crippen molar-refractivity contribution in [3.05, 3.63) is 65.7 Å². The van der Waals surface area contributed by atoms with Gasteiger partial charge in [0.25, 0.3) is 0 Å². The number of hydrogen-bond donors (Lipinski definition) is 2. The Bertz CT molecular complexity index is 651. The van der Waals surface area contributed by atoms with Crippen LogP contribution in [0.4, 0.5) is 13.6 Å². The van der Waals surface area contributed by atoms with E-state index < -0.39 is 11.6 Å². The fourth-order valence-corrected chi connectivity index (χ4v) is 2.10. The molecule has 4 nitrogen and oxygen atoms in total. The molecular weight excluding hydrogens is 314 g/mol. The van der Waals surface area contributed by atoms with Crippen LogP contribution in [0.3, 0.4) is 0 Å². The third-order valence-corrected chi connectivity index (χ3v) is 3.32. The normalized spacial score (nSPS) is 10.2. The van der Waals surface area contributed by atoms with Crippen molar-refractivity contribution in [1.29, 1.82) is 0 Å². The van der Waals surface area contributed by atoms with E-state index in [0.29, 0.717) is 6.54 Å². The zero-order valence-corrected chi connectivity index (χ0v) is 13.2. The summed E-state index contributed by atoms with van der Waals surface area (Å²) in [7, 11) is 0. The number of carbonyl (C=O) groups is 1. The SMILES string of the molecule is O=C(NCCCc1ccccc1)NCCOc1ccc(F)c(F)c1. The van der Waals surface area contributed by atoms with Crippen molar-refractivity contribution in [1.82, 2.24) is 10.6 Å². The van der Waals surface area contributed by atoms with Crippen LogP contribution in [-0.2, 0) is 6.42 Å². The van der Waals surface area contributed by atoms with Crippen LogP contribution in [0.2, 0.25) is 0 Å². The number of ether oxygens (including phenoxy) is 1. The highest BCUT2D eigenvalue weighted by molar-refractivity contribution is 5.73. The molecule has 0 radical (unpaired) electrons. The van der Waals surface area contributed by atoms with Crippen LogP contribution in [0.25, 0.3) is 0 Å². The van der Waals surface area contributed by atoms with Gasteiger partial charge in [0.05, 0.1) is 6.54 Å². The van der Waals surface area contributed by atoms with E-state index in [1.807, 2.05) is 18.2 Å². The van der Waals surface area contributed by atoms with Gasteiger partial charge in [0, 0.05) is 12.6 Å². The van der Waals surface area contributed by atoms with Crippen LogP contribution in [0.5, 0.6) is 5.75 Å². The standard InChI is InChI=1S/C18H20F2N2O2/c19-16-9-8-15(13-17(16)20)24-12-11-22-18(23)21-10-4-7-14-5-2-1-3-6-14/h1-3,5-6,8-9,13H,4,7,10-12H2,(H2,21,22,23). The first-order chi connectivity index (χ1) is 11.6. The summed E-state index contributed by atoms with van der Waals surface area (Å²) in [6.07, 6.45) is 1.75. The van der Waals surface area contributed by atoms with E-state index in [-0.39, 0.29) is 24.9 Å². The molecule has 0 heterocycles. The Hall–Kier alpha value is -2.63. The molecule has 128 valence electrons. The van der Waals surface area contributed by atoms with Crippen LogP contribution in [0.1, 0.15) is 12.0 Å². The second-order valence-corrected chi connectivity index (χ2v) is 5.20. The minimum atomic E-state index is -0.961. The monoisotopic (exact) mass is 334 g/mol. The minimum absolute atomic E-state index is 0.169. The summed E-state index contributed by atoms with van der Waals surface area (Å²) in [6.45, 7) is 1.01. The van der Waals surface area contributed by atoms with E-state index in [1.165, 1.54) is 11.6 Å². The Morgan fingerprint density at radius 1 is 0.958 bits per heavy atom. The number of amides is 2. The number of aryl methyl sites for hydroxylation is 1. The van der Waals surface area contributed by atoms with Gasteiger partial charge in [0.1, 0.15) is 12.4 Å². The molecule has 0 spiro atoms. The van der Waals surface area contributed by atoms with Gasteiger partial charge in [-0.25, -0.2) is 13.6 Å². The summed E-state index contributed by atoms with van der Waals surface area (Å²) < 4.78 is 31.0. The van der Waals surface area contributed by atoms with E-state index in [2.05, 4.69) is 22.8 Å². The first-order valence-corrected chi connectivity index (χ1v) is 7.78. The van der Waals surface area contributed by atoms with Crippen molar-refractivity contribution in [3.63, 3.8) is 0 Å². The molecule has 0 aliphatic heterocycles. The molecule has 2 N–H and O–H groups in total. The van der Waals surface area contributed by atoms with E-state index in [9.17, 15) is 13.6 Å². The summed E-state index contributed by atoms with van der Waals surface area (Å²) in [5.74, 6) is -1.66. The zero-order valence-electron chi connectivity index (χ0n) is 13.2. The van der Waals surface area contributed by atoms with Crippen LogP contribution in [0, 0.1) is 11.6 Å². The van der Waals surface area contributed by atoms with Gasteiger partial charge in [-0.2, -0.15) is 0 Å². The number of halogens is 2. The Labute approximate surface area is 139 Å². The Kier molecular flexibility index (Phi) is 7.01. The summed E-state index contributed by atoms with van der Waals surface area (Å²) in [6, 6.07) is 13.1. The van der Waals surface area contributed by atoms with Crippen molar-refractivity contribution in [2.24, 2.45) is 0 Å². The van der Waals surface area contributed by atoms with E-state index in [1.54, 1.807) is 0 Å². The van der Waals surface area contributed by atoms with E-state index in [4.69, 9.17) is 4.74 Å². The number of urea groups is 1. The quantitative estimate of drug-likeness (QED) is 0.728. The second kappa shape index (κ2) is 9.50. The van der Waals surface area contributed by atoms with Crippen LogP contribution < -0.4 is 15.4 Å². The summed E-state index contributed by atoms with van der Waals surface area (Å²) in [4.78, 5) is 11.6. The number of rotatable bonds is 8. The molecule has 0 unspecified atom stereocenters. The van der Waals surface area contributed by atoms with E-state index >= 15 is 0 Å². The van der Waals surface area contributed by atoms with Gasteiger partial charge in [0.2, 0.25) is 0 Å². The topological polar surface area (TPSA) is 50.4 Å². The molecule has 0 saturated carbocycles. The molecule has 0 aliphatic rings. The molecule has 2 rings (SSSR count). The lowest BCUT2D eigenvalue weighted by molar-refractivity contribution is 0.236. The third-order valence-electron chi connectivity index (χ3n) is 3.32. The van der Waals surface area contributed by atoms with E-state index in [0.717, 1.165) is 25.0 Å². The highest BCUT2D eigenvalue weighted by atomic mass is 19.2. The highest BCUT2D eigenvalue weighted by Crippen LogP contribution is 2.14. The lowest BCUT2D eigenvalue weighted by atomic mass is 10.1. The smallest absolute Gasteiger partial charge is 0.314 e. The maximum absolute atomic E-state index is 13.0. The molecule has 0 aliphatic carbocycles. The number of hydrogen-bond acceptors (Lipinski definition) is 2. The van der Waals surface area contributed by atoms with Crippen LogP contribution in [0.15, 0.2) is 48.5 Å². The lowest BCUT2D eigenvalue weighted by Gasteiger charge is -2.09. The lowest BCUT2D eigenvalue weighted by Crippen LogP contribution is -2.38. The average Bonchev–Trinajstić information content (AvgIpc) is 2.59. The van der Waals surface area contributed by atoms with Gasteiger partial charge >= 0.3 is 6.03 Å². The fraction of sp³-hybridized carbons (Fsp3) is 0.278. The van der Waals surface area contributed by atoms with Crippen LogP contribution >= 0.6 is 0 Å². The Morgan fingerprint density at radius 2 is 1.71 bits per heavy atom. The van der Waals surface area contributed by atoms with Gasteiger partial charge in [-0.05, 0) is 30.5 Å². The van der Waals surface area contributed by atoms with Gasteiger partial charge in [-0.3, -0.25) is 0 Å². The van der Waals surface area contributed by atoms with Crippen molar-refractivity contribution in [2.45, 2.75) is 12.8 Å². The van der Waals surface area contributed by atoms with Gasteiger partial charge in [0.15, 0.2) is 11.6 Å². The molecule has 2 aromatic carbocycles. The fourth-order valence-electron chi connectivity index (χ4n) is 2.10. The first kappa shape index (κ1) is 17.7. The number of benzene rings is 2. The highest BCUT2D eigenvalue weighted by Gasteiger charge is 2.03. The second-order valence-electron chi connectivity index (χ2n) is 5.20. The van der Waals surface area contributed by atoms with Crippen molar-refractivity contribution < 1.29 is 18.3 Å². The maximum atomic E-state index is 13.0. The largest absolute Gasteiger partial charge is 0.492 e. The zero-order chi connectivity index (χ0) is 17.2. The predicted molar refractivity (Wildman–Crippen MR) is 88.0 cm³/mol. The molecule has 0 bridgehead atoms. The molecule has 0 fully saturated rings. The maximum Gasteiger partial charge on any atom is 0.314 e. The minimum Gasteiger partial charge on any atom is -0.492 e. The predicted octanol–water partition coefficient (Wildman–Crippen LogP) is 3.28. The molecule has 6 heteroatoms. The van der Waals surface area contributed by atoms with Crippen molar-refractivity contribution in [3.8, 4) is 5.75 Å². The summed E-state index contributed by atoms with van der Waals surface area (Å²) in [5.41, 5.74) is 1.24. The van der Waals surface area contributed by atoms with Crippen molar-refractivity contribution in [2.75, 3.05) is 19.7 Å². The van der Waals surface area contributed by atoms with Crippen LogP contribution in [-0.4, -0.2) is 25.7 Å². The Morgan fingerprint density at radius 3 is 2.46 bits per heavy atom. The van der Waals surface area contributed by atoms with Gasteiger partial charge < -0.3 is 15.4 Å². The van der Waals surface area contributed by atoms with Crippen molar-refractivity contribution >= 4 is 6.03 Å². The Balaban J connectivity index is 1.54. The average molecular weight is 334 g/mol. The number of carbonyl (C=O) groups excluding carboxylic acids is 1. The molecule has 2 aromatic rings. The molecule has 0 saturated heterocycles. The molecule has 0 aromatic heterocycles. The molecule has 2 amide bonds.